The smallest absolute Gasteiger partial charge is 0.147 e. The van der Waals surface area contributed by atoms with Gasteiger partial charge in [-0.3, -0.25) is 10.4 Å². The molecule has 2 rings (SSSR count). The van der Waals surface area contributed by atoms with Crippen LogP contribution in [-0.2, 0) is 11.2 Å². The lowest BCUT2D eigenvalue weighted by molar-refractivity contribution is 0.0678. The fraction of sp³-hybridized carbons (Fsp3) is 0.500. The number of hydrogen-bond acceptors (Lipinski definition) is 3. The van der Waals surface area contributed by atoms with E-state index in [1.165, 1.54) is 0 Å². The minimum Gasteiger partial charge on any atom is -0.378 e. The van der Waals surface area contributed by atoms with Crippen molar-refractivity contribution in [1.29, 1.82) is 5.41 Å². The predicted octanol–water partition coefficient (Wildman–Crippen LogP) is 1.30. The van der Waals surface area contributed by atoms with Crippen LogP contribution in [0.25, 0.3) is 0 Å². The molecule has 86 valence electrons. The molecule has 0 radical (unpaired) electrons. The van der Waals surface area contributed by atoms with Gasteiger partial charge in [-0.2, -0.15) is 0 Å². The fourth-order valence-electron chi connectivity index (χ4n) is 1.87. The molecular formula is C12H17N3O. The molecule has 0 aliphatic carbocycles. The minimum atomic E-state index is 0.528. The molecule has 0 aromatic carbocycles. The van der Waals surface area contributed by atoms with E-state index in [0.29, 0.717) is 19.0 Å². The Morgan fingerprint density at radius 2 is 2.25 bits per heavy atom. The van der Waals surface area contributed by atoms with Gasteiger partial charge in [-0.05, 0) is 18.1 Å². The van der Waals surface area contributed by atoms with Crippen molar-refractivity contribution in [3.63, 3.8) is 0 Å². The zero-order valence-corrected chi connectivity index (χ0v) is 9.57. The number of pyridine rings is 1. The maximum Gasteiger partial charge on any atom is 0.147 e. The molecule has 2 heterocycles. The lowest BCUT2D eigenvalue weighted by atomic mass is 10.1. The maximum absolute atomic E-state index is 8.18. The van der Waals surface area contributed by atoms with Crippen molar-refractivity contribution in [1.82, 2.24) is 9.88 Å². The van der Waals surface area contributed by atoms with Crippen molar-refractivity contribution in [3.8, 4) is 0 Å². The van der Waals surface area contributed by atoms with Crippen molar-refractivity contribution < 1.29 is 4.74 Å². The highest BCUT2D eigenvalue weighted by Gasteiger charge is 2.17. The van der Waals surface area contributed by atoms with E-state index >= 15 is 0 Å². The summed E-state index contributed by atoms with van der Waals surface area (Å²) >= 11 is 0. The minimum absolute atomic E-state index is 0.528. The highest BCUT2D eigenvalue weighted by molar-refractivity contribution is 5.95. The van der Waals surface area contributed by atoms with Gasteiger partial charge in [0.15, 0.2) is 0 Å². The van der Waals surface area contributed by atoms with Crippen molar-refractivity contribution in [2.24, 2.45) is 0 Å². The molecule has 0 bridgehead atoms. The number of nitrogens with zero attached hydrogens (tertiary/aromatic N) is 2. The van der Waals surface area contributed by atoms with Crippen LogP contribution in [0.4, 0.5) is 0 Å². The van der Waals surface area contributed by atoms with Crippen molar-refractivity contribution in [3.05, 3.63) is 29.6 Å². The van der Waals surface area contributed by atoms with Crippen LogP contribution in [-0.4, -0.2) is 42.0 Å². The fourth-order valence-corrected chi connectivity index (χ4v) is 1.87. The van der Waals surface area contributed by atoms with Gasteiger partial charge in [0.05, 0.1) is 13.2 Å². The molecule has 0 saturated carbocycles. The third kappa shape index (κ3) is 2.22. The lowest BCUT2D eigenvalue weighted by Gasteiger charge is -2.29. The summed E-state index contributed by atoms with van der Waals surface area (Å²) in [6, 6.07) is 3.96. The Labute approximate surface area is 95.8 Å². The van der Waals surface area contributed by atoms with E-state index in [4.69, 9.17) is 10.1 Å². The van der Waals surface area contributed by atoms with Crippen molar-refractivity contribution >= 4 is 5.84 Å². The number of aryl methyl sites for hydroxylation is 1. The van der Waals surface area contributed by atoms with Crippen LogP contribution in [0.5, 0.6) is 0 Å². The monoisotopic (exact) mass is 219 g/mol. The number of nitrogens with one attached hydrogen (secondary N) is 1. The number of amidine groups is 1. The zero-order chi connectivity index (χ0) is 11.4. The Bertz CT molecular complexity index is 372. The van der Waals surface area contributed by atoms with Gasteiger partial charge in [0, 0.05) is 19.3 Å². The standard InChI is InChI=1S/C12H17N3O/c1-2-10-4-3-5-14-11(10)12(13)15-6-8-16-9-7-15/h3-5,13H,2,6-9H2,1H3. The van der Waals surface area contributed by atoms with Gasteiger partial charge < -0.3 is 9.64 Å². The molecule has 1 aromatic rings. The molecule has 1 N–H and O–H groups in total. The van der Waals surface area contributed by atoms with Gasteiger partial charge in [0.25, 0.3) is 0 Å². The number of aromatic nitrogens is 1. The molecule has 4 heteroatoms. The molecule has 4 nitrogen and oxygen atoms in total. The molecule has 1 saturated heterocycles. The van der Waals surface area contributed by atoms with E-state index in [1.807, 2.05) is 17.0 Å². The van der Waals surface area contributed by atoms with Crippen LogP contribution >= 0.6 is 0 Å². The number of hydrogen-bond donors (Lipinski definition) is 1. The molecule has 0 unspecified atom stereocenters. The van der Waals surface area contributed by atoms with E-state index in [2.05, 4.69) is 11.9 Å². The van der Waals surface area contributed by atoms with E-state index in [-0.39, 0.29) is 0 Å². The van der Waals surface area contributed by atoms with E-state index in [1.54, 1.807) is 6.20 Å². The van der Waals surface area contributed by atoms with Crippen molar-refractivity contribution in [2.45, 2.75) is 13.3 Å². The second kappa shape index (κ2) is 5.07. The quantitative estimate of drug-likeness (QED) is 0.602. The Morgan fingerprint density at radius 3 is 2.94 bits per heavy atom. The van der Waals surface area contributed by atoms with Gasteiger partial charge in [-0.25, -0.2) is 0 Å². The van der Waals surface area contributed by atoms with Crippen LogP contribution in [0.1, 0.15) is 18.2 Å². The third-order valence-corrected chi connectivity index (χ3v) is 2.82. The maximum atomic E-state index is 8.18. The van der Waals surface area contributed by atoms with Gasteiger partial charge >= 0.3 is 0 Å². The van der Waals surface area contributed by atoms with Gasteiger partial charge in [0.1, 0.15) is 11.5 Å². The molecule has 1 aliphatic heterocycles. The summed E-state index contributed by atoms with van der Waals surface area (Å²) in [7, 11) is 0. The summed E-state index contributed by atoms with van der Waals surface area (Å²) < 4.78 is 5.28. The zero-order valence-electron chi connectivity index (χ0n) is 9.57. The Hall–Kier alpha value is -1.42. The molecule has 16 heavy (non-hydrogen) atoms. The number of rotatable bonds is 2. The summed E-state index contributed by atoms with van der Waals surface area (Å²) in [6.07, 6.45) is 2.67. The second-order valence-corrected chi connectivity index (χ2v) is 3.81. The summed E-state index contributed by atoms with van der Waals surface area (Å²) in [5.74, 6) is 0.528. The highest BCUT2D eigenvalue weighted by atomic mass is 16.5. The van der Waals surface area contributed by atoms with E-state index in [0.717, 1.165) is 30.8 Å². The SMILES string of the molecule is CCc1cccnc1C(=N)N1CCOCC1. The molecular weight excluding hydrogens is 202 g/mol. The summed E-state index contributed by atoms with van der Waals surface area (Å²) in [5, 5.41) is 8.18. The lowest BCUT2D eigenvalue weighted by Crippen LogP contribution is -2.41. The third-order valence-electron chi connectivity index (χ3n) is 2.82. The molecule has 1 fully saturated rings. The van der Waals surface area contributed by atoms with E-state index < -0.39 is 0 Å². The second-order valence-electron chi connectivity index (χ2n) is 3.81. The first kappa shape index (κ1) is 11.1. The first-order valence-electron chi connectivity index (χ1n) is 5.68. The van der Waals surface area contributed by atoms with Crippen LogP contribution in [0.15, 0.2) is 18.3 Å². The predicted molar refractivity (Wildman–Crippen MR) is 62.8 cm³/mol. The van der Waals surface area contributed by atoms with Crippen LogP contribution in [0.2, 0.25) is 0 Å². The van der Waals surface area contributed by atoms with Crippen LogP contribution in [0, 0.1) is 5.41 Å². The topological polar surface area (TPSA) is 49.2 Å². The molecule has 0 atom stereocenters. The summed E-state index contributed by atoms with van der Waals surface area (Å²) in [6.45, 7) is 5.08. The van der Waals surface area contributed by atoms with Gasteiger partial charge in [0.2, 0.25) is 0 Å². The first-order chi connectivity index (χ1) is 7.83. The average Bonchev–Trinajstić information content (AvgIpc) is 2.39. The van der Waals surface area contributed by atoms with Crippen LogP contribution < -0.4 is 0 Å². The Balaban J connectivity index is 2.19. The molecule has 0 spiro atoms. The normalized spacial score (nSPS) is 16.2. The summed E-state index contributed by atoms with van der Waals surface area (Å²) in [5.41, 5.74) is 1.95. The Morgan fingerprint density at radius 1 is 1.50 bits per heavy atom. The van der Waals surface area contributed by atoms with Crippen molar-refractivity contribution in [2.75, 3.05) is 26.3 Å². The number of morpholine rings is 1. The summed E-state index contributed by atoms with van der Waals surface area (Å²) in [4.78, 5) is 6.35. The Kier molecular flexibility index (Phi) is 3.51. The number of ether oxygens (including phenoxy) is 1. The molecule has 1 aliphatic rings. The largest absolute Gasteiger partial charge is 0.378 e. The average molecular weight is 219 g/mol. The molecule has 1 aromatic heterocycles. The van der Waals surface area contributed by atoms with Gasteiger partial charge in [-0.15, -0.1) is 0 Å². The van der Waals surface area contributed by atoms with Crippen LogP contribution in [0.3, 0.4) is 0 Å². The highest BCUT2D eigenvalue weighted by Crippen LogP contribution is 2.10. The van der Waals surface area contributed by atoms with Gasteiger partial charge in [-0.1, -0.05) is 13.0 Å². The van der Waals surface area contributed by atoms with E-state index in [9.17, 15) is 0 Å². The first-order valence-corrected chi connectivity index (χ1v) is 5.68. The molecule has 0 amide bonds.